The van der Waals surface area contributed by atoms with Gasteiger partial charge in [0.15, 0.2) is 0 Å². The van der Waals surface area contributed by atoms with E-state index in [-0.39, 0.29) is 5.91 Å². The fourth-order valence-electron chi connectivity index (χ4n) is 1.43. The van der Waals surface area contributed by atoms with E-state index in [9.17, 15) is 4.79 Å². The molecule has 0 bridgehead atoms. The summed E-state index contributed by atoms with van der Waals surface area (Å²) in [6.45, 7) is 2.50. The predicted octanol–water partition coefficient (Wildman–Crippen LogP) is 2.19. The molecule has 2 rings (SSSR count). The summed E-state index contributed by atoms with van der Waals surface area (Å²) in [6, 6.07) is 7.70. The van der Waals surface area contributed by atoms with Crippen molar-refractivity contribution in [2.75, 3.05) is 5.75 Å². The number of hydrogen-bond acceptors (Lipinski definition) is 4. The van der Waals surface area contributed by atoms with Gasteiger partial charge in [-0.25, -0.2) is 4.98 Å². The highest BCUT2D eigenvalue weighted by atomic mass is 32.2. The molecule has 5 heteroatoms. The Balaban J connectivity index is 1.74. The fourth-order valence-corrected chi connectivity index (χ4v) is 2.11. The highest BCUT2D eigenvalue weighted by molar-refractivity contribution is 7.99. The van der Waals surface area contributed by atoms with Crippen LogP contribution in [0.4, 0.5) is 0 Å². The summed E-state index contributed by atoms with van der Waals surface area (Å²) >= 11 is 1.43. The lowest BCUT2D eigenvalue weighted by atomic mass is 10.3. The van der Waals surface area contributed by atoms with E-state index in [1.165, 1.54) is 11.8 Å². The zero-order valence-corrected chi connectivity index (χ0v) is 11.5. The Labute approximate surface area is 116 Å². The van der Waals surface area contributed by atoms with Crippen LogP contribution in [0.5, 0.6) is 0 Å². The van der Waals surface area contributed by atoms with Gasteiger partial charge in [-0.3, -0.25) is 9.78 Å². The molecule has 0 aromatic carbocycles. The van der Waals surface area contributed by atoms with Crippen molar-refractivity contribution in [2.45, 2.75) is 18.5 Å². The van der Waals surface area contributed by atoms with Crippen molar-refractivity contribution in [1.82, 2.24) is 15.3 Å². The molecule has 0 saturated carbocycles. The van der Waals surface area contributed by atoms with Crippen molar-refractivity contribution in [3.05, 3.63) is 54.0 Å². The Hall–Kier alpha value is -1.88. The number of carbonyl (C=O) groups is 1. The van der Waals surface area contributed by atoms with Crippen molar-refractivity contribution in [3.8, 4) is 0 Å². The molecule has 1 N–H and O–H groups in total. The molecule has 2 aromatic heterocycles. The van der Waals surface area contributed by atoms with Gasteiger partial charge in [0.25, 0.3) is 0 Å². The van der Waals surface area contributed by atoms with E-state index in [2.05, 4.69) is 15.3 Å². The van der Waals surface area contributed by atoms with Crippen LogP contribution in [-0.2, 0) is 11.3 Å². The molecule has 2 aromatic rings. The molecular formula is C14H15N3OS. The standard InChI is InChI=1S/C14H15N3OS/c1-11-4-5-14(17-7-11)19-10-13(18)16-9-12-3-2-6-15-8-12/h2-8H,9-10H2,1H3,(H,16,18). The molecule has 0 aliphatic rings. The van der Waals surface area contributed by atoms with E-state index in [0.717, 1.165) is 16.2 Å². The number of carbonyl (C=O) groups excluding carboxylic acids is 1. The maximum absolute atomic E-state index is 11.7. The van der Waals surface area contributed by atoms with Crippen LogP contribution in [0.15, 0.2) is 47.9 Å². The number of nitrogens with zero attached hydrogens (tertiary/aromatic N) is 2. The van der Waals surface area contributed by atoms with Crippen LogP contribution < -0.4 is 5.32 Å². The van der Waals surface area contributed by atoms with Gasteiger partial charge in [-0.1, -0.05) is 23.9 Å². The molecule has 0 atom stereocenters. The smallest absolute Gasteiger partial charge is 0.230 e. The SMILES string of the molecule is Cc1ccc(SCC(=O)NCc2cccnc2)nc1. The topological polar surface area (TPSA) is 54.9 Å². The Morgan fingerprint density at radius 2 is 2.21 bits per heavy atom. The van der Waals surface area contributed by atoms with Crippen molar-refractivity contribution >= 4 is 17.7 Å². The molecular weight excluding hydrogens is 258 g/mol. The first-order valence-electron chi connectivity index (χ1n) is 5.95. The average Bonchev–Trinajstić information content (AvgIpc) is 2.45. The van der Waals surface area contributed by atoms with Gasteiger partial charge in [0.05, 0.1) is 10.8 Å². The summed E-state index contributed by atoms with van der Waals surface area (Å²) in [4.78, 5) is 19.9. The van der Waals surface area contributed by atoms with Gasteiger partial charge in [-0.2, -0.15) is 0 Å². The first-order chi connectivity index (χ1) is 9.24. The predicted molar refractivity (Wildman–Crippen MR) is 75.8 cm³/mol. The summed E-state index contributed by atoms with van der Waals surface area (Å²) in [7, 11) is 0. The van der Waals surface area contributed by atoms with E-state index in [1.54, 1.807) is 18.6 Å². The minimum atomic E-state index is -0.00349. The Bertz CT molecular complexity index is 528. The minimum Gasteiger partial charge on any atom is -0.351 e. The summed E-state index contributed by atoms with van der Waals surface area (Å²) in [5.74, 6) is 0.368. The summed E-state index contributed by atoms with van der Waals surface area (Å²) < 4.78 is 0. The maximum atomic E-state index is 11.7. The molecule has 0 saturated heterocycles. The van der Waals surface area contributed by atoms with Crippen LogP contribution in [0.2, 0.25) is 0 Å². The number of nitrogens with one attached hydrogen (secondary N) is 1. The maximum Gasteiger partial charge on any atom is 0.230 e. The number of hydrogen-bond donors (Lipinski definition) is 1. The summed E-state index contributed by atoms with van der Waals surface area (Å²) in [6.07, 6.45) is 5.26. The summed E-state index contributed by atoms with van der Waals surface area (Å²) in [5.41, 5.74) is 2.11. The first-order valence-corrected chi connectivity index (χ1v) is 6.93. The second kappa shape index (κ2) is 6.89. The Kier molecular flexibility index (Phi) is 4.92. The monoisotopic (exact) mass is 273 g/mol. The van der Waals surface area contributed by atoms with Crippen LogP contribution in [0, 0.1) is 6.92 Å². The third-order valence-electron chi connectivity index (χ3n) is 2.45. The van der Waals surface area contributed by atoms with Gasteiger partial charge in [-0.05, 0) is 30.2 Å². The molecule has 19 heavy (non-hydrogen) atoms. The van der Waals surface area contributed by atoms with E-state index >= 15 is 0 Å². The molecule has 0 radical (unpaired) electrons. The lowest BCUT2D eigenvalue weighted by Crippen LogP contribution is -2.24. The molecule has 2 heterocycles. The number of amides is 1. The van der Waals surface area contributed by atoms with E-state index in [0.29, 0.717) is 12.3 Å². The van der Waals surface area contributed by atoms with Gasteiger partial charge >= 0.3 is 0 Å². The number of pyridine rings is 2. The van der Waals surface area contributed by atoms with Crippen molar-refractivity contribution in [2.24, 2.45) is 0 Å². The zero-order valence-electron chi connectivity index (χ0n) is 10.7. The van der Waals surface area contributed by atoms with Crippen LogP contribution in [0.25, 0.3) is 0 Å². The van der Waals surface area contributed by atoms with Gasteiger partial charge < -0.3 is 5.32 Å². The lowest BCUT2D eigenvalue weighted by molar-refractivity contribution is -0.118. The highest BCUT2D eigenvalue weighted by Gasteiger charge is 2.03. The van der Waals surface area contributed by atoms with Crippen molar-refractivity contribution in [1.29, 1.82) is 0 Å². The zero-order chi connectivity index (χ0) is 13.5. The van der Waals surface area contributed by atoms with Crippen LogP contribution in [0.3, 0.4) is 0 Å². The number of rotatable bonds is 5. The number of thioether (sulfide) groups is 1. The minimum absolute atomic E-state index is 0.00349. The second-order valence-electron chi connectivity index (χ2n) is 4.10. The number of aryl methyl sites for hydroxylation is 1. The van der Waals surface area contributed by atoms with Gasteiger partial charge in [0.2, 0.25) is 5.91 Å². The van der Waals surface area contributed by atoms with Gasteiger partial charge in [0, 0.05) is 25.1 Å². The molecule has 1 amide bonds. The molecule has 0 fully saturated rings. The molecule has 98 valence electrons. The molecule has 0 spiro atoms. The first kappa shape index (κ1) is 13.5. The van der Waals surface area contributed by atoms with Crippen LogP contribution in [-0.4, -0.2) is 21.6 Å². The normalized spacial score (nSPS) is 10.2. The van der Waals surface area contributed by atoms with Gasteiger partial charge in [-0.15, -0.1) is 0 Å². The van der Waals surface area contributed by atoms with Crippen molar-refractivity contribution < 1.29 is 4.79 Å². The molecule has 0 aliphatic heterocycles. The molecule has 0 aliphatic carbocycles. The van der Waals surface area contributed by atoms with E-state index < -0.39 is 0 Å². The second-order valence-corrected chi connectivity index (χ2v) is 5.10. The van der Waals surface area contributed by atoms with E-state index in [4.69, 9.17) is 0 Å². The van der Waals surface area contributed by atoms with Crippen LogP contribution in [0.1, 0.15) is 11.1 Å². The largest absolute Gasteiger partial charge is 0.351 e. The third kappa shape index (κ3) is 4.71. The fraction of sp³-hybridized carbons (Fsp3) is 0.214. The molecule has 4 nitrogen and oxygen atoms in total. The highest BCUT2D eigenvalue weighted by Crippen LogP contribution is 2.14. The summed E-state index contributed by atoms with van der Waals surface area (Å²) in [5, 5.41) is 3.72. The van der Waals surface area contributed by atoms with E-state index in [1.807, 2.05) is 31.2 Å². The average molecular weight is 273 g/mol. The quantitative estimate of drug-likeness (QED) is 0.848. The lowest BCUT2D eigenvalue weighted by Gasteiger charge is -2.04. The third-order valence-corrected chi connectivity index (χ3v) is 3.39. The van der Waals surface area contributed by atoms with Crippen molar-refractivity contribution in [3.63, 3.8) is 0 Å². The van der Waals surface area contributed by atoms with Crippen LogP contribution >= 0.6 is 11.8 Å². The number of aromatic nitrogens is 2. The van der Waals surface area contributed by atoms with Gasteiger partial charge in [0.1, 0.15) is 0 Å². The molecule has 0 unspecified atom stereocenters. The Morgan fingerprint density at radius 3 is 2.89 bits per heavy atom. The Morgan fingerprint density at radius 1 is 1.32 bits per heavy atom.